The number of nitrogens with zero attached hydrogens (tertiary/aromatic N) is 4. The van der Waals surface area contributed by atoms with Gasteiger partial charge in [0, 0.05) is 17.9 Å². The molecule has 188 valence electrons. The van der Waals surface area contributed by atoms with Gasteiger partial charge in [0.15, 0.2) is 17.6 Å². The van der Waals surface area contributed by atoms with E-state index >= 15 is 0 Å². The number of carbonyl (C=O) groups excluding carboxylic acids is 2. The normalized spacial score (nSPS) is 12.3. The summed E-state index contributed by atoms with van der Waals surface area (Å²) in [4.78, 5) is 27.3. The molecule has 0 saturated carbocycles. The van der Waals surface area contributed by atoms with Gasteiger partial charge >= 0.3 is 0 Å². The van der Waals surface area contributed by atoms with E-state index in [9.17, 15) is 9.59 Å². The van der Waals surface area contributed by atoms with Crippen molar-refractivity contribution in [2.45, 2.75) is 25.0 Å². The van der Waals surface area contributed by atoms with E-state index in [0.29, 0.717) is 23.3 Å². The summed E-state index contributed by atoms with van der Waals surface area (Å²) < 4.78 is 7.42. The summed E-state index contributed by atoms with van der Waals surface area (Å²) in [5.41, 5.74) is 4.13. The Morgan fingerprint density at radius 3 is 2.65 bits per heavy atom. The van der Waals surface area contributed by atoms with Gasteiger partial charge in [-0.1, -0.05) is 60.3 Å². The number of fused-ring (bicyclic) bond motifs is 1. The number of carbonyl (C=O) groups is 2. The Labute approximate surface area is 219 Å². The van der Waals surface area contributed by atoms with E-state index in [4.69, 9.17) is 4.74 Å². The summed E-state index contributed by atoms with van der Waals surface area (Å²) in [6, 6.07) is 25.2. The van der Waals surface area contributed by atoms with Crippen molar-refractivity contribution in [3.8, 4) is 11.4 Å². The lowest BCUT2D eigenvalue weighted by molar-refractivity contribution is -0.123. The van der Waals surface area contributed by atoms with Gasteiger partial charge in [0.1, 0.15) is 5.75 Å². The Bertz CT molecular complexity index is 1410. The first-order valence-electron chi connectivity index (χ1n) is 12.1. The van der Waals surface area contributed by atoms with Crippen molar-refractivity contribution in [1.29, 1.82) is 0 Å². The number of hydrogen-bond acceptors (Lipinski definition) is 6. The number of aryl methyl sites for hydroxylation is 1. The highest BCUT2D eigenvalue weighted by Gasteiger charge is 2.25. The second-order valence-corrected chi connectivity index (χ2v) is 9.61. The Kier molecular flexibility index (Phi) is 7.51. The van der Waals surface area contributed by atoms with Crippen molar-refractivity contribution in [3.05, 3.63) is 95.8 Å². The van der Waals surface area contributed by atoms with Crippen LogP contribution in [0, 0.1) is 6.92 Å². The Hall–Kier alpha value is -4.11. The third kappa shape index (κ3) is 5.83. The molecule has 0 radical (unpaired) electrons. The molecule has 0 bridgehead atoms. The molecule has 5 rings (SSSR count). The lowest BCUT2D eigenvalue weighted by atomic mass is 10.2. The second-order valence-electron chi connectivity index (χ2n) is 8.66. The van der Waals surface area contributed by atoms with Gasteiger partial charge < -0.3 is 15.0 Å². The summed E-state index contributed by atoms with van der Waals surface area (Å²) in [6.07, 6.45) is 0.865. The van der Waals surface area contributed by atoms with Gasteiger partial charge in [-0.05, 0) is 54.8 Å². The summed E-state index contributed by atoms with van der Waals surface area (Å²) >= 11 is 1.34. The van der Waals surface area contributed by atoms with E-state index < -0.39 is 0 Å². The number of nitrogens with one attached hydrogen (secondary N) is 1. The highest BCUT2D eigenvalue weighted by atomic mass is 32.2. The van der Waals surface area contributed by atoms with Crippen molar-refractivity contribution in [3.63, 3.8) is 0 Å². The first-order chi connectivity index (χ1) is 18.1. The molecule has 1 aromatic heterocycles. The zero-order valence-electron chi connectivity index (χ0n) is 20.5. The quantitative estimate of drug-likeness (QED) is 0.341. The Balaban J connectivity index is 1.28. The van der Waals surface area contributed by atoms with Gasteiger partial charge in [-0.25, -0.2) is 0 Å². The van der Waals surface area contributed by atoms with Crippen molar-refractivity contribution in [2.75, 3.05) is 23.8 Å². The van der Waals surface area contributed by atoms with Crippen LogP contribution < -0.4 is 15.0 Å². The van der Waals surface area contributed by atoms with Crippen molar-refractivity contribution >= 4 is 29.3 Å². The Morgan fingerprint density at radius 1 is 1.00 bits per heavy atom. The van der Waals surface area contributed by atoms with Gasteiger partial charge in [-0.2, -0.15) is 0 Å². The molecule has 1 aliphatic rings. The largest absolute Gasteiger partial charge is 0.484 e. The third-order valence-electron chi connectivity index (χ3n) is 6.03. The topological polar surface area (TPSA) is 89.4 Å². The van der Waals surface area contributed by atoms with Crippen LogP contribution in [0.4, 0.5) is 5.69 Å². The SMILES string of the molecule is Cc1cccc(-n2c(CNC(=O)COc3ccccc3)nnc2SCC(=O)N2CCc3ccccc32)c1. The van der Waals surface area contributed by atoms with Gasteiger partial charge in [0.05, 0.1) is 12.3 Å². The molecule has 1 N–H and O–H groups in total. The monoisotopic (exact) mass is 513 g/mol. The zero-order valence-corrected chi connectivity index (χ0v) is 21.3. The number of aromatic nitrogens is 3. The van der Waals surface area contributed by atoms with Crippen molar-refractivity contribution in [2.24, 2.45) is 0 Å². The summed E-state index contributed by atoms with van der Waals surface area (Å²) in [6.45, 7) is 2.77. The summed E-state index contributed by atoms with van der Waals surface area (Å²) in [5.74, 6) is 1.20. The average Bonchev–Trinajstić information content (AvgIpc) is 3.54. The predicted octanol–water partition coefficient (Wildman–Crippen LogP) is 3.95. The lowest BCUT2D eigenvalue weighted by Gasteiger charge is -2.17. The fourth-order valence-electron chi connectivity index (χ4n) is 4.23. The van der Waals surface area contributed by atoms with Crippen LogP contribution in [-0.4, -0.2) is 45.5 Å². The van der Waals surface area contributed by atoms with Crippen molar-refractivity contribution in [1.82, 2.24) is 20.1 Å². The first kappa shape index (κ1) is 24.6. The van der Waals surface area contributed by atoms with Gasteiger partial charge in [-0.3, -0.25) is 14.2 Å². The minimum Gasteiger partial charge on any atom is -0.484 e. The second kappa shape index (κ2) is 11.3. The molecule has 2 amide bonds. The van der Waals surface area contributed by atoms with E-state index in [1.165, 1.54) is 17.3 Å². The molecule has 0 fully saturated rings. The third-order valence-corrected chi connectivity index (χ3v) is 6.94. The van der Waals surface area contributed by atoms with E-state index in [2.05, 4.69) is 21.6 Å². The molecule has 0 saturated heterocycles. The maximum absolute atomic E-state index is 13.1. The van der Waals surface area contributed by atoms with E-state index in [1.54, 1.807) is 12.1 Å². The molecule has 2 heterocycles. The van der Waals surface area contributed by atoms with E-state index in [-0.39, 0.29) is 30.7 Å². The Morgan fingerprint density at radius 2 is 1.81 bits per heavy atom. The molecular formula is C28H27N5O3S. The fraction of sp³-hybridized carbons (Fsp3) is 0.214. The maximum Gasteiger partial charge on any atom is 0.258 e. The molecule has 8 nitrogen and oxygen atoms in total. The molecule has 0 spiro atoms. The van der Waals surface area contributed by atoms with Crippen LogP contribution in [0.15, 0.2) is 84.0 Å². The fourth-order valence-corrected chi connectivity index (χ4v) is 5.08. The lowest BCUT2D eigenvalue weighted by Crippen LogP contribution is -2.30. The number of amides is 2. The molecule has 37 heavy (non-hydrogen) atoms. The zero-order chi connectivity index (χ0) is 25.6. The number of para-hydroxylation sites is 2. The summed E-state index contributed by atoms with van der Waals surface area (Å²) in [5, 5.41) is 12.1. The molecule has 0 aliphatic carbocycles. The van der Waals surface area contributed by atoms with Gasteiger partial charge in [0.2, 0.25) is 5.91 Å². The van der Waals surface area contributed by atoms with Crippen LogP contribution in [0.25, 0.3) is 5.69 Å². The molecule has 1 aliphatic heterocycles. The highest BCUT2D eigenvalue weighted by Crippen LogP contribution is 2.29. The number of thioether (sulfide) groups is 1. The average molecular weight is 514 g/mol. The first-order valence-corrected chi connectivity index (χ1v) is 13.0. The minimum atomic E-state index is -0.264. The van der Waals surface area contributed by atoms with E-state index in [0.717, 1.165) is 23.4 Å². The number of hydrogen-bond donors (Lipinski definition) is 1. The molecule has 4 aromatic rings. The predicted molar refractivity (Wildman–Crippen MR) is 143 cm³/mol. The maximum atomic E-state index is 13.1. The number of benzene rings is 3. The smallest absolute Gasteiger partial charge is 0.258 e. The van der Waals surface area contributed by atoms with Crippen LogP contribution >= 0.6 is 11.8 Å². The van der Waals surface area contributed by atoms with Crippen LogP contribution in [-0.2, 0) is 22.6 Å². The number of ether oxygens (including phenoxy) is 1. The standard InChI is InChI=1S/C28H27N5O3S/c1-20-8-7-10-22(16-20)33-25(17-29-26(34)18-36-23-11-3-2-4-12-23)30-31-28(33)37-19-27(35)32-15-14-21-9-5-6-13-24(21)32/h2-13,16H,14-15,17-19H2,1H3,(H,29,34). The highest BCUT2D eigenvalue weighted by molar-refractivity contribution is 7.99. The van der Waals surface area contributed by atoms with Crippen molar-refractivity contribution < 1.29 is 14.3 Å². The van der Waals surface area contributed by atoms with Crippen LogP contribution in [0.5, 0.6) is 5.75 Å². The summed E-state index contributed by atoms with van der Waals surface area (Å²) in [7, 11) is 0. The van der Waals surface area contributed by atoms with Crippen LogP contribution in [0.2, 0.25) is 0 Å². The molecule has 9 heteroatoms. The molecule has 0 unspecified atom stereocenters. The molecule has 0 atom stereocenters. The van der Waals surface area contributed by atoms with Crippen LogP contribution in [0.3, 0.4) is 0 Å². The number of anilines is 1. The van der Waals surface area contributed by atoms with Crippen LogP contribution in [0.1, 0.15) is 17.0 Å². The van der Waals surface area contributed by atoms with Gasteiger partial charge in [0.25, 0.3) is 5.91 Å². The minimum absolute atomic E-state index is 0.0293. The molecule has 3 aromatic carbocycles. The van der Waals surface area contributed by atoms with E-state index in [1.807, 2.05) is 77.1 Å². The number of rotatable bonds is 9. The van der Waals surface area contributed by atoms with Gasteiger partial charge in [-0.15, -0.1) is 10.2 Å². The molecular weight excluding hydrogens is 486 g/mol.